The van der Waals surface area contributed by atoms with E-state index in [1.807, 2.05) is 61.5 Å². The Labute approximate surface area is 125 Å². The predicted molar refractivity (Wildman–Crippen MR) is 83.8 cm³/mol. The summed E-state index contributed by atoms with van der Waals surface area (Å²) in [7, 11) is 1.72. The highest BCUT2D eigenvalue weighted by Gasteiger charge is 2.23. The minimum atomic E-state index is -0.669. The summed E-state index contributed by atoms with van der Waals surface area (Å²) in [6, 6.07) is 19.4. The van der Waals surface area contributed by atoms with E-state index in [1.165, 1.54) is 0 Å². The van der Waals surface area contributed by atoms with Gasteiger partial charge in [-0.25, -0.2) is 0 Å². The van der Waals surface area contributed by atoms with E-state index in [0.717, 1.165) is 16.8 Å². The zero-order valence-corrected chi connectivity index (χ0v) is 12.3. The molecular weight excluding hydrogens is 260 g/mol. The number of rotatable bonds is 4. The van der Waals surface area contributed by atoms with Gasteiger partial charge in [0.15, 0.2) is 0 Å². The van der Waals surface area contributed by atoms with Crippen LogP contribution in [0.5, 0.6) is 0 Å². The van der Waals surface area contributed by atoms with Crippen LogP contribution in [0, 0.1) is 24.2 Å². The SMILES string of the molecule is Cc1ccccc1N(C)C(=O)C(C#N)Cc1ccccc1. The minimum Gasteiger partial charge on any atom is -0.314 e. The molecule has 3 heteroatoms. The van der Waals surface area contributed by atoms with Gasteiger partial charge in [-0.15, -0.1) is 0 Å². The van der Waals surface area contributed by atoms with Crippen LogP contribution < -0.4 is 4.90 Å². The number of nitriles is 1. The first-order valence-electron chi connectivity index (χ1n) is 6.90. The molecule has 1 atom stereocenters. The topological polar surface area (TPSA) is 44.1 Å². The molecule has 0 radical (unpaired) electrons. The van der Waals surface area contributed by atoms with Crippen molar-refractivity contribution in [2.24, 2.45) is 5.92 Å². The van der Waals surface area contributed by atoms with Crippen LogP contribution in [-0.4, -0.2) is 13.0 Å². The number of anilines is 1. The highest BCUT2D eigenvalue weighted by Crippen LogP contribution is 2.21. The molecule has 0 saturated heterocycles. The summed E-state index contributed by atoms with van der Waals surface area (Å²) in [5.74, 6) is -0.840. The van der Waals surface area contributed by atoms with E-state index in [0.29, 0.717) is 6.42 Å². The van der Waals surface area contributed by atoms with Gasteiger partial charge in [-0.1, -0.05) is 48.5 Å². The van der Waals surface area contributed by atoms with E-state index >= 15 is 0 Å². The first-order chi connectivity index (χ1) is 10.1. The maximum Gasteiger partial charge on any atom is 0.244 e. The number of hydrogen-bond donors (Lipinski definition) is 0. The summed E-state index contributed by atoms with van der Waals surface area (Å²) in [5.41, 5.74) is 2.86. The van der Waals surface area contributed by atoms with Gasteiger partial charge in [0.2, 0.25) is 5.91 Å². The van der Waals surface area contributed by atoms with Crippen LogP contribution in [0.1, 0.15) is 11.1 Å². The fourth-order valence-corrected chi connectivity index (χ4v) is 2.33. The largest absolute Gasteiger partial charge is 0.314 e. The molecule has 0 saturated carbocycles. The highest BCUT2D eigenvalue weighted by atomic mass is 16.2. The van der Waals surface area contributed by atoms with Gasteiger partial charge in [0.1, 0.15) is 5.92 Å². The Balaban J connectivity index is 2.17. The fraction of sp³-hybridized carbons (Fsp3) is 0.222. The molecule has 0 aliphatic heterocycles. The van der Waals surface area contributed by atoms with Crippen LogP contribution in [0.15, 0.2) is 54.6 Å². The first kappa shape index (κ1) is 14.8. The molecule has 21 heavy (non-hydrogen) atoms. The van der Waals surface area contributed by atoms with Gasteiger partial charge in [0.05, 0.1) is 6.07 Å². The standard InChI is InChI=1S/C18H18N2O/c1-14-8-6-7-11-17(14)20(2)18(21)16(13-19)12-15-9-4-3-5-10-15/h3-11,16H,12H2,1-2H3. The molecule has 0 aromatic heterocycles. The zero-order chi connectivity index (χ0) is 15.2. The van der Waals surface area contributed by atoms with E-state index in [2.05, 4.69) is 6.07 Å². The molecule has 106 valence electrons. The van der Waals surface area contributed by atoms with Crippen molar-refractivity contribution >= 4 is 11.6 Å². The Kier molecular flexibility index (Phi) is 4.73. The highest BCUT2D eigenvalue weighted by molar-refractivity contribution is 5.96. The number of benzene rings is 2. The van der Waals surface area contributed by atoms with Crippen molar-refractivity contribution in [1.82, 2.24) is 0 Å². The third kappa shape index (κ3) is 3.49. The van der Waals surface area contributed by atoms with Crippen LogP contribution in [0.25, 0.3) is 0 Å². The summed E-state index contributed by atoms with van der Waals surface area (Å²) >= 11 is 0. The Bertz CT molecular complexity index is 658. The van der Waals surface area contributed by atoms with Crippen molar-refractivity contribution in [3.05, 3.63) is 65.7 Å². The molecule has 1 unspecified atom stereocenters. The van der Waals surface area contributed by atoms with Crippen molar-refractivity contribution < 1.29 is 4.79 Å². The lowest BCUT2D eigenvalue weighted by Gasteiger charge is -2.22. The molecule has 0 N–H and O–H groups in total. The van der Waals surface area contributed by atoms with E-state index in [9.17, 15) is 10.1 Å². The average molecular weight is 278 g/mol. The van der Waals surface area contributed by atoms with Crippen molar-refractivity contribution in [3.8, 4) is 6.07 Å². The smallest absolute Gasteiger partial charge is 0.244 e. The molecule has 0 heterocycles. The molecule has 0 aliphatic carbocycles. The second kappa shape index (κ2) is 6.71. The lowest BCUT2D eigenvalue weighted by Crippen LogP contribution is -2.33. The Morgan fingerprint density at radius 2 is 1.76 bits per heavy atom. The molecule has 0 fully saturated rings. The van der Waals surface area contributed by atoms with Gasteiger partial charge >= 0.3 is 0 Å². The summed E-state index contributed by atoms with van der Waals surface area (Å²) < 4.78 is 0. The third-order valence-electron chi connectivity index (χ3n) is 3.54. The monoisotopic (exact) mass is 278 g/mol. The Morgan fingerprint density at radius 3 is 2.38 bits per heavy atom. The number of aryl methyl sites for hydroxylation is 1. The average Bonchev–Trinajstić information content (AvgIpc) is 2.53. The van der Waals surface area contributed by atoms with E-state index in [4.69, 9.17) is 0 Å². The minimum absolute atomic E-state index is 0.171. The van der Waals surface area contributed by atoms with Gasteiger partial charge in [0.25, 0.3) is 0 Å². The normalized spacial score (nSPS) is 11.5. The second-order valence-corrected chi connectivity index (χ2v) is 5.06. The Morgan fingerprint density at radius 1 is 1.14 bits per heavy atom. The number of carbonyl (C=O) groups excluding carboxylic acids is 1. The van der Waals surface area contributed by atoms with Gasteiger partial charge in [-0.05, 0) is 30.5 Å². The Hall–Kier alpha value is -2.60. The van der Waals surface area contributed by atoms with E-state index in [-0.39, 0.29) is 5.91 Å². The molecule has 3 nitrogen and oxygen atoms in total. The van der Waals surface area contributed by atoms with Gasteiger partial charge in [-0.3, -0.25) is 4.79 Å². The number of amides is 1. The van der Waals surface area contributed by atoms with Crippen LogP contribution in [0.2, 0.25) is 0 Å². The van der Waals surface area contributed by atoms with E-state index < -0.39 is 5.92 Å². The van der Waals surface area contributed by atoms with Crippen molar-refractivity contribution in [3.63, 3.8) is 0 Å². The maximum absolute atomic E-state index is 12.5. The molecule has 2 aromatic carbocycles. The summed E-state index contributed by atoms with van der Waals surface area (Å²) in [5, 5.41) is 9.33. The number of para-hydroxylation sites is 1. The third-order valence-corrected chi connectivity index (χ3v) is 3.54. The van der Waals surface area contributed by atoms with Gasteiger partial charge < -0.3 is 4.90 Å². The molecule has 1 amide bonds. The summed E-state index contributed by atoms with van der Waals surface area (Å²) in [4.78, 5) is 14.1. The van der Waals surface area contributed by atoms with Crippen molar-refractivity contribution in [2.75, 3.05) is 11.9 Å². The predicted octanol–water partition coefficient (Wildman–Crippen LogP) is 3.34. The molecular formula is C18H18N2O. The molecule has 0 aliphatic rings. The molecule has 2 rings (SSSR count). The lowest BCUT2D eigenvalue weighted by atomic mass is 9.99. The van der Waals surface area contributed by atoms with Crippen LogP contribution in [-0.2, 0) is 11.2 Å². The maximum atomic E-state index is 12.5. The summed E-state index contributed by atoms with van der Waals surface area (Å²) in [6.07, 6.45) is 0.437. The van der Waals surface area contributed by atoms with Gasteiger partial charge in [0, 0.05) is 12.7 Å². The van der Waals surface area contributed by atoms with Gasteiger partial charge in [-0.2, -0.15) is 5.26 Å². The van der Waals surface area contributed by atoms with Crippen molar-refractivity contribution in [2.45, 2.75) is 13.3 Å². The van der Waals surface area contributed by atoms with Crippen LogP contribution in [0.3, 0.4) is 0 Å². The van der Waals surface area contributed by atoms with Crippen LogP contribution in [0.4, 0.5) is 5.69 Å². The number of hydrogen-bond acceptors (Lipinski definition) is 2. The summed E-state index contributed by atoms with van der Waals surface area (Å²) in [6.45, 7) is 1.96. The first-order valence-corrected chi connectivity index (χ1v) is 6.90. The molecule has 0 spiro atoms. The molecule has 2 aromatic rings. The second-order valence-electron chi connectivity index (χ2n) is 5.06. The number of carbonyl (C=O) groups is 1. The quantitative estimate of drug-likeness (QED) is 0.861. The number of nitrogens with zero attached hydrogens (tertiary/aromatic N) is 2. The zero-order valence-electron chi connectivity index (χ0n) is 12.3. The van der Waals surface area contributed by atoms with Crippen molar-refractivity contribution in [1.29, 1.82) is 5.26 Å². The fourth-order valence-electron chi connectivity index (χ4n) is 2.33. The lowest BCUT2D eigenvalue weighted by molar-refractivity contribution is -0.120. The van der Waals surface area contributed by atoms with E-state index in [1.54, 1.807) is 11.9 Å². The molecule has 0 bridgehead atoms. The van der Waals surface area contributed by atoms with Crippen LogP contribution >= 0.6 is 0 Å².